The third-order valence-electron chi connectivity index (χ3n) is 3.19. The van der Waals surface area contributed by atoms with Gasteiger partial charge in [-0.05, 0) is 24.3 Å². The smallest absolute Gasteiger partial charge is 0.0916 e. The number of ether oxygens (including phenoxy) is 1. The molecule has 1 aromatic rings. The van der Waals surface area contributed by atoms with Crippen LogP contribution in [0.2, 0.25) is 0 Å². The SMILES string of the molecule is C1=CN(c2ccc(N3CCOCC3)cc2)CN1. The third-order valence-corrected chi connectivity index (χ3v) is 3.19. The van der Waals surface area contributed by atoms with Crippen molar-refractivity contribution in [3.63, 3.8) is 0 Å². The van der Waals surface area contributed by atoms with Crippen LogP contribution in [0.4, 0.5) is 11.4 Å². The lowest BCUT2D eigenvalue weighted by molar-refractivity contribution is 0.122. The van der Waals surface area contributed by atoms with Gasteiger partial charge in [0, 0.05) is 36.9 Å². The van der Waals surface area contributed by atoms with Gasteiger partial charge in [0.15, 0.2) is 0 Å². The normalized spacial score (nSPS) is 19.5. The van der Waals surface area contributed by atoms with Crippen molar-refractivity contribution in [2.75, 3.05) is 42.8 Å². The van der Waals surface area contributed by atoms with Crippen molar-refractivity contribution >= 4 is 11.4 Å². The average molecular weight is 231 g/mol. The number of morpholine rings is 1. The summed E-state index contributed by atoms with van der Waals surface area (Å²) >= 11 is 0. The Hall–Kier alpha value is -1.68. The van der Waals surface area contributed by atoms with Crippen LogP contribution in [-0.4, -0.2) is 33.0 Å². The van der Waals surface area contributed by atoms with Gasteiger partial charge in [-0.25, -0.2) is 0 Å². The molecule has 90 valence electrons. The van der Waals surface area contributed by atoms with Crippen molar-refractivity contribution in [2.45, 2.75) is 0 Å². The molecule has 4 heteroatoms. The van der Waals surface area contributed by atoms with Gasteiger partial charge < -0.3 is 19.9 Å². The van der Waals surface area contributed by atoms with Gasteiger partial charge in [-0.15, -0.1) is 0 Å². The predicted octanol–water partition coefficient (Wildman–Crippen LogP) is 1.36. The molecular weight excluding hydrogens is 214 g/mol. The highest BCUT2D eigenvalue weighted by Gasteiger charge is 2.12. The molecule has 1 N–H and O–H groups in total. The average Bonchev–Trinajstić information content (AvgIpc) is 2.94. The molecule has 4 nitrogen and oxygen atoms in total. The predicted molar refractivity (Wildman–Crippen MR) is 69.1 cm³/mol. The second-order valence-electron chi connectivity index (χ2n) is 4.26. The number of nitrogens with one attached hydrogen (secondary N) is 1. The van der Waals surface area contributed by atoms with Gasteiger partial charge in [0.1, 0.15) is 0 Å². The summed E-state index contributed by atoms with van der Waals surface area (Å²) in [6.45, 7) is 4.51. The first-order chi connectivity index (χ1) is 8.43. The minimum absolute atomic E-state index is 0.834. The number of hydrogen-bond donors (Lipinski definition) is 1. The van der Waals surface area contributed by atoms with Crippen LogP contribution in [0.15, 0.2) is 36.7 Å². The maximum atomic E-state index is 5.36. The fourth-order valence-electron chi connectivity index (χ4n) is 2.20. The molecule has 3 rings (SSSR count). The fourth-order valence-corrected chi connectivity index (χ4v) is 2.20. The molecular formula is C13H17N3O. The Morgan fingerprint density at radius 3 is 2.35 bits per heavy atom. The van der Waals surface area contributed by atoms with E-state index >= 15 is 0 Å². The van der Waals surface area contributed by atoms with Gasteiger partial charge in [-0.3, -0.25) is 0 Å². The van der Waals surface area contributed by atoms with Gasteiger partial charge in [0.05, 0.1) is 19.9 Å². The first-order valence-corrected chi connectivity index (χ1v) is 6.03. The summed E-state index contributed by atoms with van der Waals surface area (Å²) in [5, 5.41) is 3.17. The molecule has 0 radical (unpaired) electrons. The van der Waals surface area contributed by atoms with Crippen LogP contribution in [0.5, 0.6) is 0 Å². The molecule has 0 atom stereocenters. The molecule has 0 aromatic heterocycles. The Bertz CT molecular complexity index is 396. The summed E-state index contributed by atoms with van der Waals surface area (Å²) < 4.78 is 5.36. The largest absolute Gasteiger partial charge is 0.378 e. The van der Waals surface area contributed by atoms with Gasteiger partial charge >= 0.3 is 0 Å². The van der Waals surface area contributed by atoms with Crippen LogP contribution in [0.25, 0.3) is 0 Å². The lowest BCUT2D eigenvalue weighted by atomic mass is 10.2. The van der Waals surface area contributed by atoms with Gasteiger partial charge in [0.25, 0.3) is 0 Å². The summed E-state index contributed by atoms with van der Waals surface area (Å²) in [4.78, 5) is 4.55. The van der Waals surface area contributed by atoms with Crippen LogP contribution in [0.1, 0.15) is 0 Å². The van der Waals surface area contributed by atoms with Crippen molar-refractivity contribution < 1.29 is 4.74 Å². The minimum atomic E-state index is 0.834. The number of nitrogens with zero attached hydrogens (tertiary/aromatic N) is 2. The molecule has 0 unspecified atom stereocenters. The van der Waals surface area contributed by atoms with Gasteiger partial charge in [-0.2, -0.15) is 0 Å². The van der Waals surface area contributed by atoms with Crippen LogP contribution in [-0.2, 0) is 4.74 Å². The second-order valence-corrected chi connectivity index (χ2v) is 4.26. The van der Waals surface area contributed by atoms with Gasteiger partial charge in [0.2, 0.25) is 0 Å². The Labute approximate surface area is 101 Å². The number of hydrogen-bond acceptors (Lipinski definition) is 4. The van der Waals surface area contributed by atoms with E-state index in [-0.39, 0.29) is 0 Å². The van der Waals surface area contributed by atoms with E-state index < -0.39 is 0 Å². The van der Waals surface area contributed by atoms with Crippen molar-refractivity contribution in [2.24, 2.45) is 0 Å². The molecule has 17 heavy (non-hydrogen) atoms. The summed E-state index contributed by atoms with van der Waals surface area (Å²) in [6.07, 6.45) is 4.03. The van der Waals surface area contributed by atoms with Crippen molar-refractivity contribution in [3.8, 4) is 0 Å². The van der Waals surface area contributed by atoms with Crippen LogP contribution < -0.4 is 15.1 Å². The summed E-state index contributed by atoms with van der Waals surface area (Å²) in [5.41, 5.74) is 2.51. The molecule has 0 aliphatic carbocycles. The van der Waals surface area contributed by atoms with E-state index in [9.17, 15) is 0 Å². The molecule has 2 heterocycles. The molecule has 1 aromatic carbocycles. The van der Waals surface area contributed by atoms with Crippen LogP contribution in [0.3, 0.4) is 0 Å². The van der Waals surface area contributed by atoms with E-state index in [0.29, 0.717) is 0 Å². The minimum Gasteiger partial charge on any atom is -0.378 e. The Morgan fingerprint density at radius 2 is 1.71 bits per heavy atom. The first-order valence-electron chi connectivity index (χ1n) is 6.03. The fraction of sp³-hybridized carbons (Fsp3) is 0.385. The molecule has 0 saturated carbocycles. The van der Waals surface area contributed by atoms with Crippen LogP contribution in [0, 0.1) is 0 Å². The van der Waals surface area contributed by atoms with E-state index in [2.05, 4.69) is 45.6 Å². The molecule has 2 aliphatic heterocycles. The van der Waals surface area contributed by atoms with E-state index in [0.717, 1.165) is 33.0 Å². The standard InChI is InChI=1S/C13H17N3O/c1-3-13(16-6-5-14-11-16)4-2-12(1)15-7-9-17-10-8-15/h1-6,14H,7-11H2. The van der Waals surface area contributed by atoms with Crippen molar-refractivity contribution in [3.05, 3.63) is 36.7 Å². The first kappa shape index (κ1) is 10.5. The van der Waals surface area contributed by atoms with Crippen molar-refractivity contribution in [1.82, 2.24) is 5.32 Å². The number of rotatable bonds is 2. The highest BCUT2D eigenvalue weighted by Crippen LogP contribution is 2.22. The van der Waals surface area contributed by atoms with Crippen LogP contribution >= 0.6 is 0 Å². The lowest BCUT2D eigenvalue weighted by Crippen LogP contribution is -2.36. The third kappa shape index (κ3) is 2.22. The Kier molecular flexibility index (Phi) is 2.88. The van der Waals surface area contributed by atoms with E-state index in [1.165, 1.54) is 11.4 Å². The second kappa shape index (κ2) is 4.67. The number of anilines is 2. The summed E-state index contributed by atoms with van der Waals surface area (Å²) in [6, 6.07) is 8.71. The molecule has 2 aliphatic rings. The van der Waals surface area contributed by atoms with E-state index in [1.54, 1.807) is 0 Å². The Morgan fingerprint density at radius 1 is 1.00 bits per heavy atom. The zero-order valence-electron chi connectivity index (χ0n) is 9.80. The molecule has 0 amide bonds. The summed E-state index contributed by atoms with van der Waals surface area (Å²) in [7, 11) is 0. The summed E-state index contributed by atoms with van der Waals surface area (Å²) in [5.74, 6) is 0. The topological polar surface area (TPSA) is 27.7 Å². The quantitative estimate of drug-likeness (QED) is 0.832. The van der Waals surface area contributed by atoms with E-state index in [4.69, 9.17) is 4.74 Å². The highest BCUT2D eigenvalue weighted by molar-refractivity contribution is 5.58. The maximum Gasteiger partial charge on any atom is 0.0916 e. The Balaban J connectivity index is 1.72. The molecule has 0 bridgehead atoms. The molecule has 0 spiro atoms. The molecule has 1 fully saturated rings. The van der Waals surface area contributed by atoms with Gasteiger partial charge in [-0.1, -0.05) is 0 Å². The number of benzene rings is 1. The highest BCUT2D eigenvalue weighted by atomic mass is 16.5. The molecule has 1 saturated heterocycles. The van der Waals surface area contributed by atoms with E-state index in [1.807, 2.05) is 6.20 Å². The monoisotopic (exact) mass is 231 g/mol. The zero-order valence-corrected chi connectivity index (χ0v) is 9.80. The van der Waals surface area contributed by atoms with Crippen molar-refractivity contribution in [1.29, 1.82) is 0 Å². The lowest BCUT2D eigenvalue weighted by Gasteiger charge is -2.29. The maximum absolute atomic E-state index is 5.36. The zero-order chi connectivity index (χ0) is 11.5.